The third-order valence-corrected chi connectivity index (χ3v) is 4.53. The lowest BCUT2D eigenvalue weighted by Gasteiger charge is -2.27. The van der Waals surface area contributed by atoms with Gasteiger partial charge in [-0.3, -0.25) is 9.78 Å². The van der Waals surface area contributed by atoms with Crippen LogP contribution in [0.5, 0.6) is 0 Å². The van der Waals surface area contributed by atoms with Gasteiger partial charge in [-0.05, 0) is 32.3 Å². The summed E-state index contributed by atoms with van der Waals surface area (Å²) in [5, 5.41) is 17.0. The Kier molecular flexibility index (Phi) is 7.67. The Hall–Kier alpha value is -3.50. The van der Waals surface area contributed by atoms with Crippen LogP contribution in [0.15, 0.2) is 18.3 Å². The van der Waals surface area contributed by atoms with Gasteiger partial charge in [-0.2, -0.15) is 0 Å². The van der Waals surface area contributed by atoms with Crippen LogP contribution in [0.1, 0.15) is 43.2 Å². The van der Waals surface area contributed by atoms with Crippen LogP contribution in [0.2, 0.25) is 0 Å². The molecule has 168 valence electrons. The molecule has 0 aromatic carbocycles. The highest BCUT2D eigenvalue weighted by molar-refractivity contribution is 5.98. The van der Waals surface area contributed by atoms with E-state index in [9.17, 15) is 18.4 Å². The van der Waals surface area contributed by atoms with Crippen molar-refractivity contribution in [1.29, 1.82) is 0 Å². The predicted molar refractivity (Wildman–Crippen MR) is 112 cm³/mol. The van der Waals surface area contributed by atoms with Crippen molar-refractivity contribution in [3.8, 4) is 0 Å². The van der Waals surface area contributed by atoms with Gasteiger partial charge in [0.1, 0.15) is 11.6 Å². The summed E-state index contributed by atoms with van der Waals surface area (Å²) in [7, 11) is 0. The summed E-state index contributed by atoms with van der Waals surface area (Å²) in [5.41, 5.74) is 5.48. The molecule has 2 heterocycles. The second kappa shape index (κ2) is 10.0. The zero-order valence-corrected chi connectivity index (χ0v) is 17.7. The van der Waals surface area contributed by atoms with Gasteiger partial charge in [-0.15, -0.1) is 0 Å². The quantitative estimate of drug-likeness (QED) is 0.405. The summed E-state index contributed by atoms with van der Waals surface area (Å²) in [5.74, 6) is -2.48. The maximum absolute atomic E-state index is 14.7. The maximum Gasteiger partial charge on any atom is 0.404 e. The second-order valence-corrected chi connectivity index (χ2v) is 7.61. The first kappa shape index (κ1) is 23.8. The van der Waals surface area contributed by atoms with Crippen LogP contribution in [-0.2, 0) is 0 Å². The Morgan fingerprint density at radius 3 is 2.39 bits per heavy atom. The number of aryl methyl sites for hydroxylation is 1. The standard InChI is InChI=1S/C20H26F2N6O3/c1-9(2)5-16(11(4)25-20(30)31)27-19-15(22)7-13(17(23)29)18(28-19)26-12-6-14(21)10(3)24-8-12/h6-9,11,16,25H,5H2,1-4H3,(H2,23,29)(H,30,31)(H2,26,27,28)/t11-,16+/m0/s1. The van der Waals surface area contributed by atoms with E-state index in [1.165, 1.54) is 13.1 Å². The van der Waals surface area contributed by atoms with E-state index in [-0.39, 0.29) is 34.5 Å². The van der Waals surface area contributed by atoms with Gasteiger partial charge in [0.15, 0.2) is 11.6 Å². The first-order chi connectivity index (χ1) is 14.5. The minimum atomic E-state index is -1.21. The van der Waals surface area contributed by atoms with Gasteiger partial charge in [-0.1, -0.05) is 13.8 Å². The molecule has 2 aromatic rings. The normalized spacial score (nSPS) is 12.9. The fourth-order valence-electron chi connectivity index (χ4n) is 2.95. The van der Waals surface area contributed by atoms with Crippen molar-refractivity contribution in [3.05, 3.63) is 41.2 Å². The number of rotatable bonds is 9. The Balaban J connectivity index is 2.42. The first-order valence-corrected chi connectivity index (χ1v) is 9.63. The number of amides is 2. The van der Waals surface area contributed by atoms with Crippen LogP contribution < -0.4 is 21.7 Å². The molecule has 0 aliphatic heterocycles. The van der Waals surface area contributed by atoms with Crippen molar-refractivity contribution in [3.63, 3.8) is 0 Å². The fourth-order valence-corrected chi connectivity index (χ4v) is 2.95. The number of nitrogens with two attached hydrogens (primary N) is 1. The Labute approximate surface area is 178 Å². The van der Waals surface area contributed by atoms with E-state index in [4.69, 9.17) is 10.8 Å². The number of carboxylic acid groups (broad SMARTS) is 1. The van der Waals surface area contributed by atoms with Crippen molar-refractivity contribution in [2.24, 2.45) is 11.7 Å². The van der Waals surface area contributed by atoms with Crippen molar-refractivity contribution in [2.45, 2.75) is 46.2 Å². The smallest absolute Gasteiger partial charge is 0.404 e. The van der Waals surface area contributed by atoms with Crippen molar-refractivity contribution < 1.29 is 23.5 Å². The largest absolute Gasteiger partial charge is 0.465 e. The molecule has 0 spiro atoms. The molecule has 2 atom stereocenters. The predicted octanol–water partition coefficient (Wildman–Crippen LogP) is 3.39. The number of hydrogen-bond acceptors (Lipinski definition) is 6. The van der Waals surface area contributed by atoms with E-state index in [0.717, 1.165) is 12.1 Å². The Bertz CT molecular complexity index is 970. The number of halogens is 2. The average molecular weight is 436 g/mol. The number of aromatic nitrogens is 2. The lowest BCUT2D eigenvalue weighted by molar-refractivity contribution is 0.100. The van der Waals surface area contributed by atoms with Gasteiger partial charge in [-0.25, -0.2) is 18.6 Å². The third-order valence-electron chi connectivity index (χ3n) is 4.53. The number of hydrogen-bond donors (Lipinski definition) is 5. The topological polar surface area (TPSA) is 142 Å². The van der Waals surface area contributed by atoms with Gasteiger partial charge in [0, 0.05) is 18.2 Å². The lowest BCUT2D eigenvalue weighted by atomic mass is 9.98. The van der Waals surface area contributed by atoms with Gasteiger partial charge in [0.2, 0.25) is 0 Å². The molecule has 0 bridgehead atoms. The van der Waals surface area contributed by atoms with Gasteiger partial charge < -0.3 is 26.8 Å². The molecule has 31 heavy (non-hydrogen) atoms. The molecule has 0 aliphatic carbocycles. The molecule has 0 saturated heterocycles. The molecule has 0 unspecified atom stereocenters. The monoisotopic (exact) mass is 436 g/mol. The minimum Gasteiger partial charge on any atom is -0.465 e. The first-order valence-electron chi connectivity index (χ1n) is 9.63. The van der Waals surface area contributed by atoms with Crippen LogP contribution in [0.3, 0.4) is 0 Å². The molecule has 2 aromatic heterocycles. The summed E-state index contributed by atoms with van der Waals surface area (Å²) in [6.45, 7) is 7.01. The number of nitrogens with zero attached hydrogens (tertiary/aromatic N) is 2. The van der Waals surface area contributed by atoms with E-state index >= 15 is 0 Å². The fraction of sp³-hybridized carbons (Fsp3) is 0.400. The summed E-state index contributed by atoms with van der Waals surface area (Å²) in [6.07, 6.45) is 0.634. The van der Waals surface area contributed by atoms with Gasteiger partial charge in [0.25, 0.3) is 5.91 Å². The van der Waals surface area contributed by atoms with Crippen LogP contribution in [0, 0.1) is 24.5 Å². The van der Waals surface area contributed by atoms with Crippen LogP contribution in [0.4, 0.5) is 30.9 Å². The highest BCUT2D eigenvalue weighted by Crippen LogP contribution is 2.25. The zero-order valence-electron chi connectivity index (χ0n) is 17.7. The number of carbonyl (C=O) groups excluding carboxylic acids is 1. The molecule has 0 aliphatic rings. The van der Waals surface area contributed by atoms with E-state index in [1.807, 2.05) is 13.8 Å². The molecule has 9 nitrogen and oxygen atoms in total. The van der Waals surface area contributed by atoms with E-state index in [2.05, 4.69) is 25.9 Å². The second-order valence-electron chi connectivity index (χ2n) is 7.61. The molecule has 0 fully saturated rings. The summed E-state index contributed by atoms with van der Waals surface area (Å²) in [6, 6.07) is 1.01. The highest BCUT2D eigenvalue weighted by Gasteiger charge is 2.24. The number of pyridine rings is 2. The van der Waals surface area contributed by atoms with Crippen LogP contribution in [-0.4, -0.2) is 39.2 Å². The third kappa shape index (κ3) is 6.49. The Morgan fingerprint density at radius 2 is 1.84 bits per heavy atom. The number of primary amides is 1. The molecular formula is C20H26F2N6O3. The maximum atomic E-state index is 14.7. The molecule has 2 amide bonds. The molecule has 11 heteroatoms. The van der Waals surface area contributed by atoms with Crippen molar-refractivity contribution >= 4 is 29.3 Å². The molecule has 2 rings (SSSR count). The van der Waals surface area contributed by atoms with Gasteiger partial charge >= 0.3 is 6.09 Å². The number of anilines is 3. The van der Waals surface area contributed by atoms with E-state index in [1.54, 1.807) is 6.92 Å². The number of carbonyl (C=O) groups is 2. The highest BCUT2D eigenvalue weighted by atomic mass is 19.1. The van der Waals surface area contributed by atoms with Crippen molar-refractivity contribution in [1.82, 2.24) is 15.3 Å². The van der Waals surface area contributed by atoms with Gasteiger partial charge in [0.05, 0.1) is 23.1 Å². The van der Waals surface area contributed by atoms with Crippen LogP contribution >= 0.6 is 0 Å². The molecule has 0 radical (unpaired) electrons. The minimum absolute atomic E-state index is 0.0939. The lowest BCUT2D eigenvalue weighted by Crippen LogP contribution is -2.45. The summed E-state index contributed by atoms with van der Waals surface area (Å²) < 4.78 is 28.5. The SMILES string of the molecule is Cc1ncc(Nc2nc(N[C@H](CC(C)C)[C@H](C)NC(=O)O)c(F)cc2C(N)=O)cc1F. The summed E-state index contributed by atoms with van der Waals surface area (Å²) >= 11 is 0. The van der Waals surface area contributed by atoms with Crippen LogP contribution in [0.25, 0.3) is 0 Å². The summed E-state index contributed by atoms with van der Waals surface area (Å²) in [4.78, 5) is 30.8. The molecule has 6 N–H and O–H groups in total. The zero-order chi connectivity index (χ0) is 23.3. The number of nitrogens with one attached hydrogen (secondary N) is 3. The Morgan fingerprint density at radius 1 is 1.16 bits per heavy atom. The molecular weight excluding hydrogens is 410 g/mol. The average Bonchev–Trinajstić information content (AvgIpc) is 2.65. The van der Waals surface area contributed by atoms with E-state index in [0.29, 0.717) is 6.42 Å². The van der Waals surface area contributed by atoms with E-state index < -0.39 is 35.7 Å². The van der Waals surface area contributed by atoms with Crippen molar-refractivity contribution in [2.75, 3.05) is 10.6 Å². The molecule has 0 saturated carbocycles.